The van der Waals surface area contributed by atoms with Crippen LogP contribution in [0.2, 0.25) is 5.02 Å². The summed E-state index contributed by atoms with van der Waals surface area (Å²) in [6, 6.07) is 9.31. The molecule has 1 aliphatic carbocycles. The Kier molecular flexibility index (Phi) is 4.11. The van der Waals surface area contributed by atoms with Gasteiger partial charge in [0.15, 0.2) is 0 Å². The summed E-state index contributed by atoms with van der Waals surface area (Å²) in [6.45, 7) is 1.88. The molecule has 3 rings (SSSR count). The first-order chi connectivity index (χ1) is 9.29. The molecule has 2 aliphatic rings. The number of likely N-dealkylation sites (tertiary alicyclic amines) is 1. The predicted octanol–water partition coefficient (Wildman–Crippen LogP) is 3.60. The third-order valence-corrected chi connectivity index (χ3v) is 5.15. The summed E-state index contributed by atoms with van der Waals surface area (Å²) in [5, 5.41) is 0.815. The van der Waals surface area contributed by atoms with Gasteiger partial charge in [0.2, 0.25) is 0 Å². The van der Waals surface area contributed by atoms with Gasteiger partial charge in [0.25, 0.3) is 0 Å². The van der Waals surface area contributed by atoms with Crippen LogP contribution in [0.1, 0.15) is 43.7 Å². The Morgan fingerprint density at radius 1 is 1.26 bits per heavy atom. The van der Waals surface area contributed by atoms with Gasteiger partial charge in [0, 0.05) is 23.7 Å². The molecule has 3 unspecified atom stereocenters. The summed E-state index contributed by atoms with van der Waals surface area (Å²) < 4.78 is 0. The van der Waals surface area contributed by atoms with E-state index < -0.39 is 0 Å². The lowest BCUT2D eigenvalue weighted by Crippen LogP contribution is -2.40. The molecule has 1 aromatic rings. The van der Waals surface area contributed by atoms with Crippen LogP contribution in [0.5, 0.6) is 0 Å². The van der Waals surface area contributed by atoms with Gasteiger partial charge in [-0.05, 0) is 49.4 Å². The van der Waals surface area contributed by atoms with E-state index in [0.29, 0.717) is 12.6 Å². The van der Waals surface area contributed by atoms with Crippen molar-refractivity contribution in [3.63, 3.8) is 0 Å². The molecule has 104 valence electrons. The van der Waals surface area contributed by atoms with Crippen LogP contribution in [-0.2, 0) is 0 Å². The number of fused-ring (bicyclic) bond motifs is 1. The fourth-order valence-corrected chi connectivity index (χ4v) is 4.20. The van der Waals surface area contributed by atoms with Crippen LogP contribution in [0.3, 0.4) is 0 Å². The van der Waals surface area contributed by atoms with Gasteiger partial charge in [-0.25, -0.2) is 0 Å². The maximum atomic E-state index is 6.13. The van der Waals surface area contributed by atoms with Gasteiger partial charge in [-0.2, -0.15) is 0 Å². The first-order valence-corrected chi connectivity index (χ1v) is 7.88. The van der Waals surface area contributed by atoms with E-state index in [0.717, 1.165) is 17.0 Å². The van der Waals surface area contributed by atoms with Crippen LogP contribution in [0, 0.1) is 5.92 Å². The van der Waals surface area contributed by atoms with Gasteiger partial charge in [0.05, 0.1) is 0 Å². The van der Waals surface area contributed by atoms with E-state index in [1.165, 1.54) is 44.2 Å². The lowest BCUT2D eigenvalue weighted by molar-refractivity contribution is 0.135. The summed E-state index contributed by atoms with van der Waals surface area (Å²) in [4.78, 5) is 2.65. The zero-order chi connectivity index (χ0) is 13.2. The first-order valence-electron chi connectivity index (χ1n) is 7.51. The number of nitrogens with two attached hydrogens (primary N) is 1. The van der Waals surface area contributed by atoms with Gasteiger partial charge in [-0.1, -0.05) is 36.6 Å². The standard InChI is InChI=1S/C16H23ClN2/c17-14-6-3-5-13(10-14)16(11-18)19-9-8-12-4-1-2-7-15(12)19/h3,5-6,10,12,15-16H,1-2,4,7-9,11,18H2. The van der Waals surface area contributed by atoms with Crippen LogP contribution in [0.25, 0.3) is 0 Å². The molecule has 1 saturated heterocycles. The zero-order valence-electron chi connectivity index (χ0n) is 11.4. The summed E-state index contributed by atoms with van der Waals surface area (Å²) in [5.41, 5.74) is 7.35. The van der Waals surface area contributed by atoms with Crippen molar-refractivity contribution in [1.29, 1.82) is 0 Å². The van der Waals surface area contributed by atoms with Crippen molar-refractivity contribution in [2.45, 2.75) is 44.2 Å². The highest BCUT2D eigenvalue weighted by atomic mass is 35.5. The van der Waals surface area contributed by atoms with Crippen LogP contribution in [0.15, 0.2) is 24.3 Å². The Bertz CT molecular complexity index is 435. The second-order valence-corrected chi connectivity index (χ2v) is 6.38. The molecule has 3 atom stereocenters. The molecular formula is C16H23ClN2. The number of hydrogen-bond donors (Lipinski definition) is 1. The van der Waals surface area contributed by atoms with Crippen LogP contribution in [0.4, 0.5) is 0 Å². The predicted molar refractivity (Wildman–Crippen MR) is 80.3 cm³/mol. The van der Waals surface area contributed by atoms with Gasteiger partial charge < -0.3 is 5.73 Å². The summed E-state index contributed by atoms with van der Waals surface area (Å²) in [7, 11) is 0. The van der Waals surface area contributed by atoms with Crippen molar-refractivity contribution in [1.82, 2.24) is 4.90 Å². The van der Waals surface area contributed by atoms with E-state index in [9.17, 15) is 0 Å². The maximum Gasteiger partial charge on any atom is 0.0474 e. The molecule has 1 aliphatic heterocycles. The normalized spacial score (nSPS) is 29.2. The highest BCUT2D eigenvalue weighted by molar-refractivity contribution is 6.30. The first kappa shape index (κ1) is 13.4. The summed E-state index contributed by atoms with van der Waals surface area (Å²) in [6.07, 6.45) is 6.90. The van der Waals surface area contributed by atoms with Crippen LogP contribution in [-0.4, -0.2) is 24.0 Å². The third kappa shape index (κ3) is 2.67. The minimum absolute atomic E-state index is 0.340. The van der Waals surface area contributed by atoms with Crippen molar-refractivity contribution in [3.8, 4) is 0 Å². The monoisotopic (exact) mass is 278 g/mol. The van der Waals surface area contributed by atoms with Crippen molar-refractivity contribution in [3.05, 3.63) is 34.9 Å². The van der Waals surface area contributed by atoms with E-state index in [2.05, 4.69) is 17.0 Å². The van der Waals surface area contributed by atoms with Gasteiger partial charge in [0.1, 0.15) is 0 Å². The molecule has 0 spiro atoms. The summed E-state index contributed by atoms with van der Waals surface area (Å²) >= 11 is 6.13. The molecule has 3 heteroatoms. The third-order valence-electron chi connectivity index (χ3n) is 4.91. The average Bonchev–Trinajstić information content (AvgIpc) is 2.84. The van der Waals surface area contributed by atoms with Crippen LogP contribution < -0.4 is 5.73 Å². The van der Waals surface area contributed by atoms with Crippen molar-refractivity contribution >= 4 is 11.6 Å². The molecule has 1 saturated carbocycles. The van der Waals surface area contributed by atoms with E-state index in [1.807, 2.05) is 12.1 Å². The van der Waals surface area contributed by atoms with Gasteiger partial charge >= 0.3 is 0 Å². The molecule has 19 heavy (non-hydrogen) atoms. The Labute approximate surface area is 120 Å². The molecule has 1 aromatic carbocycles. The largest absolute Gasteiger partial charge is 0.329 e. The molecule has 0 aromatic heterocycles. The fraction of sp³-hybridized carbons (Fsp3) is 0.625. The topological polar surface area (TPSA) is 29.3 Å². The van der Waals surface area contributed by atoms with Crippen molar-refractivity contribution < 1.29 is 0 Å². The molecule has 1 heterocycles. The lowest BCUT2D eigenvalue weighted by atomic mass is 9.84. The number of hydrogen-bond acceptors (Lipinski definition) is 2. The Morgan fingerprint density at radius 2 is 2.11 bits per heavy atom. The highest BCUT2D eigenvalue weighted by Gasteiger charge is 2.38. The van der Waals surface area contributed by atoms with Gasteiger partial charge in [-0.15, -0.1) is 0 Å². The number of halogens is 1. The molecule has 2 nitrogen and oxygen atoms in total. The molecule has 0 radical (unpaired) electrons. The lowest BCUT2D eigenvalue weighted by Gasteiger charge is -2.37. The van der Waals surface area contributed by atoms with Crippen LogP contribution >= 0.6 is 11.6 Å². The second-order valence-electron chi connectivity index (χ2n) is 5.94. The smallest absolute Gasteiger partial charge is 0.0474 e. The SMILES string of the molecule is NCC(c1cccc(Cl)c1)N1CCC2CCCCC21. The van der Waals surface area contributed by atoms with E-state index in [4.69, 9.17) is 17.3 Å². The Hall–Kier alpha value is -0.570. The average molecular weight is 279 g/mol. The molecule has 2 N–H and O–H groups in total. The minimum atomic E-state index is 0.340. The summed E-state index contributed by atoms with van der Waals surface area (Å²) in [5.74, 6) is 0.905. The quantitative estimate of drug-likeness (QED) is 0.915. The Balaban J connectivity index is 1.82. The fourth-order valence-electron chi connectivity index (χ4n) is 4.01. The molecule has 2 fully saturated rings. The van der Waals surface area contributed by atoms with E-state index >= 15 is 0 Å². The van der Waals surface area contributed by atoms with Crippen molar-refractivity contribution in [2.75, 3.05) is 13.1 Å². The zero-order valence-corrected chi connectivity index (χ0v) is 12.1. The molecular weight excluding hydrogens is 256 g/mol. The van der Waals surface area contributed by atoms with Gasteiger partial charge in [-0.3, -0.25) is 4.90 Å². The number of benzene rings is 1. The van der Waals surface area contributed by atoms with Crippen molar-refractivity contribution in [2.24, 2.45) is 11.7 Å². The van der Waals surface area contributed by atoms with E-state index in [-0.39, 0.29) is 0 Å². The maximum absolute atomic E-state index is 6.13. The molecule has 0 bridgehead atoms. The number of rotatable bonds is 3. The molecule has 0 amide bonds. The highest BCUT2D eigenvalue weighted by Crippen LogP contribution is 2.40. The van der Waals surface area contributed by atoms with E-state index in [1.54, 1.807) is 0 Å². The second kappa shape index (κ2) is 5.82. The number of nitrogens with zero attached hydrogens (tertiary/aromatic N) is 1. The Morgan fingerprint density at radius 3 is 2.89 bits per heavy atom. The minimum Gasteiger partial charge on any atom is -0.329 e.